The molecule has 2 aromatic rings. The zero-order chi connectivity index (χ0) is 21.6. The van der Waals surface area contributed by atoms with Crippen LogP contribution in [0.2, 0.25) is 0 Å². The Bertz CT molecular complexity index is 845. The van der Waals surface area contributed by atoms with Crippen LogP contribution in [0, 0.1) is 0 Å². The Hall–Kier alpha value is -2.22. The van der Waals surface area contributed by atoms with Crippen LogP contribution in [0.1, 0.15) is 49.3 Å². The predicted molar refractivity (Wildman–Crippen MR) is 121 cm³/mol. The summed E-state index contributed by atoms with van der Waals surface area (Å²) in [4.78, 5) is 22.8. The number of rotatable bonds is 8. The van der Waals surface area contributed by atoms with Gasteiger partial charge in [-0.1, -0.05) is 30.3 Å². The van der Waals surface area contributed by atoms with E-state index in [0.29, 0.717) is 6.54 Å². The smallest absolute Gasteiger partial charge is 0.243 e. The Morgan fingerprint density at radius 1 is 1.19 bits per heavy atom. The first-order chi connectivity index (χ1) is 15.1. The van der Waals surface area contributed by atoms with Gasteiger partial charge in [-0.3, -0.25) is 14.6 Å². The van der Waals surface area contributed by atoms with Gasteiger partial charge in [0.2, 0.25) is 5.91 Å². The number of hydrogen-bond donors (Lipinski definition) is 1. The molecular weight excluding hydrogens is 390 g/mol. The maximum absolute atomic E-state index is 13.5. The van der Waals surface area contributed by atoms with Gasteiger partial charge in [-0.15, -0.1) is 0 Å². The summed E-state index contributed by atoms with van der Waals surface area (Å²) in [6, 6.07) is 10.4. The number of ether oxygens (including phenoxy) is 1. The lowest BCUT2D eigenvalue weighted by Crippen LogP contribution is -2.45. The second kappa shape index (κ2) is 10.4. The molecule has 2 aliphatic heterocycles. The third-order valence-electron chi connectivity index (χ3n) is 6.26. The van der Waals surface area contributed by atoms with Gasteiger partial charge in [0.15, 0.2) is 0 Å². The van der Waals surface area contributed by atoms with Gasteiger partial charge in [0, 0.05) is 45.2 Å². The maximum Gasteiger partial charge on any atom is 0.243 e. The number of nitrogens with zero attached hydrogens (tertiary/aromatic N) is 4. The second-order valence-corrected chi connectivity index (χ2v) is 8.78. The van der Waals surface area contributed by atoms with Crippen molar-refractivity contribution in [3.05, 3.63) is 53.6 Å². The molecule has 1 amide bonds. The van der Waals surface area contributed by atoms with Gasteiger partial charge in [-0.25, -0.2) is 4.98 Å². The molecule has 1 N–H and O–H groups in total. The first-order valence-electron chi connectivity index (χ1n) is 11.5. The fourth-order valence-corrected chi connectivity index (χ4v) is 4.58. The molecule has 168 valence electrons. The molecule has 0 radical (unpaired) electrons. The van der Waals surface area contributed by atoms with Crippen molar-refractivity contribution in [2.75, 3.05) is 45.9 Å². The van der Waals surface area contributed by atoms with E-state index in [1.165, 1.54) is 5.56 Å². The highest BCUT2D eigenvalue weighted by Crippen LogP contribution is 2.32. The molecule has 0 saturated carbocycles. The molecule has 0 bridgehead atoms. The van der Waals surface area contributed by atoms with Crippen molar-refractivity contribution in [1.29, 1.82) is 0 Å². The molecule has 2 aliphatic rings. The van der Waals surface area contributed by atoms with Crippen molar-refractivity contribution >= 4 is 5.91 Å². The minimum absolute atomic E-state index is 0.0845. The van der Waals surface area contributed by atoms with Crippen molar-refractivity contribution < 1.29 is 9.53 Å². The summed E-state index contributed by atoms with van der Waals surface area (Å²) in [7, 11) is 0. The number of imidazole rings is 1. The molecule has 31 heavy (non-hydrogen) atoms. The standard InChI is InChI=1S/C24H35N5O2/c1-19(2)29-18-26-21-9-12-28(17-20-7-4-3-5-8-20)23(22(21)29)24(30)25-10-6-11-27-13-15-31-16-14-27/h3-5,7-8,18-19,23H,6,9-17H2,1-2H3,(H,25,30). The Labute approximate surface area is 185 Å². The van der Waals surface area contributed by atoms with Gasteiger partial charge in [0.1, 0.15) is 6.04 Å². The van der Waals surface area contributed by atoms with Crippen LogP contribution in [0.5, 0.6) is 0 Å². The Morgan fingerprint density at radius 2 is 1.97 bits per heavy atom. The zero-order valence-electron chi connectivity index (χ0n) is 18.8. The van der Waals surface area contributed by atoms with Gasteiger partial charge in [0.25, 0.3) is 0 Å². The second-order valence-electron chi connectivity index (χ2n) is 8.78. The van der Waals surface area contributed by atoms with E-state index in [-0.39, 0.29) is 18.0 Å². The van der Waals surface area contributed by atoms with Gasteiger partial charge < -0.3 is 14.6 Å². The Morgan fingerprint density at radius 3 is 2.71 bits per heavy atom. The average molecular weight is 426 g/mol. The lowest BCUT2D eigenvalue weighted by Gasteiger charge is -2.36. The number of hydrogen-bond acceptors (Lipinski definition) is 5. The van der Waals surface area contributed by atoms with E-state index in [1.54, 1.807) is 0 Å². The van der Waals surface area contributed by atoms with Crippen LogP contribution in [0.3, 0.4) is 0 Å². The van der Waals surface area contributed by atoms with Crippen LogP contribution >= 0.6 is 0 Å². The highest BCUT2D eigenvalue weighted by Gasteiger charge is 2.36. The fraction of sp³-hybridized carbons (Fsp3) is 0.583. The van der Waals surface area contributed by atoms with Crippen LogP contribution in [0.25, 0.3) is 0 Å². The van der Waals surface area contributed by atoms with E-state index >= 15 is 0 Å². The number of benzene rings is 1. The zero-order valence-corrected chi connectivity index (χ0v) is 18.8. The van der Waals surface area contributed by atoms with Gasteiger partial charge in [0.05, 0.1) is 30.9 Å². The van der Waals surface area contributed by atoms with Crippen molar-refractivity contribution in [2.45, 2.75) is 45.3 Å². The third-order valence-corrected chi connectivity index (χ3v) is 6.26. The Kier molecular flexibility index (Phi) is 7.37. The minimum Gasteiger partial charge on any atom is -0.379 e. The van der Waals surface area contributed by atoms with Crippen molar-refractivity contribution in [3.63, 3.8) is 0 Å². The summed E-state index contributed by atoms with van der Waals surface area (Å²) >= 11 is 0. The summed E-state index contributed by atoms with van der Waals surface area (Å²) in [5, 5.41) is 3.22. The fourth-order valence-electron chi connectivity index (χ4n) is 4.58. The monoisotopic (exact) mass is 425 g/mol. The molecule has 1 fully saturated rings. The highest BCUT2D eigenvalue weighted by molar-refractivity contribution is 5.83. The first-order valence-corrected chi connectivity index (χ1v) is 11.5. The third kappa shape index (κ3) is 5.34. The van der Waals surface area contributed by atoms with E-state index in [1.807, 2.05) is 12.4 Å². The maximum atomic E-state index is 13.5. The summed E-state index contributed by atoms with van der Waals surface area (Å²) in [5.41, 5.74) is 3.35. The highest BCUT2D eigenvalue weighted by atomic mass is 16.5. The van der Waals surface area contributed by atoms with Gasteiger partial charge in [-0.05, 0) is 32.4 Å². The molecule has 1 saturated heterocycles. The first kappa shape index (κ1) is 22.0. The Balaban J connectivity index is 1.46. The summed E-state index contributed by atoms with van der Waals surface area (Å²) in [5.74, 6) is 0.0845. The molecule has 4 rings (SSSR count). The average Bonchev–Trinajstić information content (AvgIpc) is 3.22. The number of morpholine rings is 1. The molecule has 7 heteroatoms. The number of amides is 1. The number of carbonyl (C=O) groups is 1. The molecule has 7 nitrogen and oxygen atoms in total. The summed E-state index contributed by atoms with van der Waals surface area (Å²) in [6.45, 7) is 11.2. The predicted octanol–water partition coefficient (Wildman–Crippen LogP) is 2.40. The molecule has 1 aromatic heterocycles. The minimum atomic E-state index is -0.308. The van der Waals surface area contributed by atoms with Crippen molar-refractivity contribution in [3.8, 4) is 0 Å². The lowest BCUT2D eigenvalue weighted by atomic mass is 10.00. The van der Waals surface area contributed by atoms with Crippen molar-refractivity contribution in [2.24, 2.45) is 0 Å². The number of aromatic nitrogens is 2. The summed E-state index contributed by atoms with van der Waals surface area (Å²) < 4.78 is 7.59. The summed E-state index contributed by atoms with van der Waals surface area (Å²) in [6.07, 6.45) is 3.73. The molecule has 0 aliphatic carbocycles. The van der Waals surface area contributed by atoms with Gasteiger partial charge in [-0.2, -0.15) is 0 Å². The molecule has 1 atom stereocenters. The number of carbonyl (C=O) groups excluding carboxylic acids is 1. The van der Waals surface area contributed by atoms with Crippen LogP contribution < -0.4 is 5.32 Å². The van der Waals surface area contributed by atoms with E-state index < -0.39 is 0 Å². The quantitative estimate of drug-likeness (QED) is 0.658. The van der Waals surface area contributed by atoms with Crippen molar-refractivity contribution in [1.82, 2.24) is 24.7 Å². The van der Waals surface area contributed by atoms with Crippen LogP contribution in [0.4, 0.5) is 0 Å². The van der Waals surface area contributed by atoms with E-state index in [2.05, 4.69) is 62.8 Å². The normalized spacial score (nSPS) is 20.0. The molecule has 1 unspecified atom stereocenters. The number of nitrogens with one attached hydrogen (secondary N) is 1. The van der Waals surface area contributed by atoms with E-state index in [0.717, 1.165) is 70.2 Å². The van der Waals surface area contributed by atoms with Gasteiger partial charge >= 0.3 is 0 Å². The molecule has 1 aromatic carbocycles. The number of fused-ring (bicyclic) bond motifs is 1. The van der Waals surface area contributed by atoms with E-state index in [4.69, 9.17) is 4.74 Å². The SMILES string of the molecule is CC(C)n1cnc2c1C(C(=O)NCCCN1CCOCC1)N(Cc1ccccc1)CC2. The molecule has 0 spiro atoms. The lowest BCUT2D eigenvalue weighted by molar-refractivity contribution is -0.127. The van der Waals surface area contributed by atoms with E-state index in [9.17, 15) is 4.79 Å². The molecule has 3 heterocycles. The largest absolute Gasteiger partial charge is 0.379 e. The van der Waals surface area contributed by atoms with Crippen LogP contribution in [-0.4, -0.2) is 71.2 Å². The molecular formula is C24H35N5O2. The van der Waals surface area contributed by atoms with Crippen LogP contribution in [0.15, 0.2) is 36.7 Å². The van der Waals surface area contributed by atoms with Crippen LogP contribution in [-0.2, 0) is 22.5 Å². The topological polar surface area (TPSA) is 62.6 Å².